The Morgan fingerprint density at radius 1 is 0.969 bits per heavy atom. The molecule has 154 valence electrons. The highest BCUT2D eigenvalue weighted by molar-refractivity contribution is 5.87. The molecule has 32 heavy (non-hydrogen) atoms. The maximum absolute atomic E-state index is 13.0. The molecule has 0 aliphatic carbocycles. The summed E-state index contributed by atoms with van der Waals surface area (Å²) in [4.78, 5) is 27.2. The van der Waals surface area contributed by atoms with Gasteiger partial charge in [0.05, 0.1) is 17.2 Å². The minimum absolute atomic E-state index is 0.0774. The monoisotopic (exact) mass is 418 g/mol. The average molecular weight is 418 g/mol. The van der Waals surface area contributed by atoms with Crippen LogP contribution >= 0.6 is 0 Å². The molecular weight excluding hydrogens is 400 g/mol. The number of carbonyl (C=O) groups is 1. The predicted octanol–water partition coefficient (Wildman–Crippen LogP) is 4.28. The SMILES string of the molecule is N#Cc1cccc(CC#Cc2ccc3[nH]cc(Cc4ccc(C(=O)O)cc4)c(=O)c3c2)c1. The van der Waals surface area contributed by atoms with Crippen LogP contribution in [0.15, 0.2) is 77.7 Å². The minimum atomic E-state index is -0.980. The van der Waals surface area contributed by atoms with Crippen molar-refractivity contribution in [2.24, 2.45) is 0 Å². The Morgan fingerprint density at radius 3 is 2.53 bits per heavy atom. The van der Waals surface area contributed by atoms with Gasteiger partial charge in [0.15, 0.2) is 5.43 Å². The van der Waals surface area contributed by atoms with Crippen LogP contribution < -0.4 is 5.43 Å². The normalized spacial score (nSPS) is 10.2. The molecule has 0 saturated heterocycles. The van der Waals surface area contributed by atoms with E-state index < -0.39 is 5.97 Å². The Kier molecular flexibility index (Phi) is 5.83. The van der Waals surface area contributed by atoms with Gasteiger partial charge in [-0.2, -0.15) is 5.26 Å². The number of rotatable bonds is 4. The fourth-order valence-electron chi connectivity index (χ4n) is 3.45. The first-order chi connectivity index (χ1) is 15.5. The second-order valence-corrected chi connectivity index (χ2v) is 7.37. The quantitative estimate of drug-likeness (QED) is 0.484. The number of H-pyrrole nitrogens is 1. The first-order valence-electron chi connectivity index (χ1n) is 9.98. The zero-order valence-corrected chi connectivity index (χ0v) is 17.1. The molecular formula is C27H18N2O3. The molecule has 0 saturated carbocycles. The number of benzene rings is 3. The number of nitrogens with zero attached hydrogens (tertiary/aromatic N) is 1. The third-order valence-electron chi connectivity index (χ3n) is 5.13. The molecule has 4 aromatic rings. The summed E-state index contributed by atoms with van der Waals surface area (Å²) < 4.78 is 0. The molecule has 0 bridgehead atoms. The highest BCUT2D eigenvalue weighted by Crippen LogP contribution is 2.14. The molecule has 0 atom stereocenters. The Labute approximate surface area is 184 Å². The van der Waals surface area contributed by atoms with Crippen LogP contribution in [0.25, 0.3) is 10.9 Å². The highest BCUT2D eigenvalue weighted by Gasteiger charge is 2.08. The van der Waals surface area contributed by atoms with Gasteiger partial charge in [-0.05, 0) is 53.6 Å². The van der Waals surface area contributed by atoms with Crippen molar-refractivity contribution in [3.63, 3.8) is 0 Å². The molecule has 1 aromatic heterocycles. The molecule has 5 heteroatoms. The van der Waals surface area contributed by atoms with Crippen LogP contribution in [0.1, 0.15) is 38.2 Å². The summed E-state index contributed by atoms with van der Waals surface area (Å²) in [6.45, 7) is 0. The second-order valence-electron chi connectivity index (χ2n) is 7.37. The van der Waals surface area contributed by atoms with E-state index in [1.807, 2.05) is 30.3 Å². The molecule has 0 radical (unpaired) electrons. The number of nitrogens with one attached hydrogen (secondary N) is 1. The van der Waals surface area contributed by atoms with Crippen molar-refractivity contribution in [3.05, 3.63) is 117 Å². The summed E-state index contributed by atoms with van der Waals surface area (Å²) in [6.07, 6.45) is 2.61. The smallest absolute Gasteiger partial charge is 0.335 e. The van der Waals surface area contributed by atoms with E-state index in [9.17, 15) is 9.59 Å². The molecule has 1 heterocycles. The van der Waals surface area contributed by atoms with Gasteiger partial charge in [0.1, 0.15) is 0 Å². The lowest BCUT2D eigenvalue weighted by atomic mass is 10.0. The van der Waals surface area contributed by atoms with Gasteiger partial charge in [-0.3, -0.25) is 4.79 Å². The van der Waals surface area contributed by atoms with Crippen molar-refractivity contribution in [2.75, 3.05) is 0 Å². The van der Waals surface area contributed by atoms with Crippen LogP contribution in [-0.4, -0.2) is 16.1 Å². The van der Waals surface area contributed by atoms with Crippen molar-refractivity contribution in [3.8, 4) is 17.9 Å². The largest absolute Gasteiger partial charge is 0.478 e. The number of pyridine rings is 1. The summed E-state index contributed by atoms with van der Waals surface area (Å²) in [7, 11) is 0. The van der Waals surface area contributed by atoms with Crippen LogP contribution in [0.4, 0.5) is 0 Å². The number of fused-ring (bicyclic) bond motifs is 1. The van der Waals surface area contributed by atoms with E-state index in [0.29, 0.717) is 29.4 Å². The summed E-state index contributed by atoms with van der Waals surface area (Å²) in [5.41, 5.74) is 4.62. The molecule has 0 spiro atoms. The van der Waals surface area contributed by atoms with Crippen molar-refractivity contribution < 1.29 is 9.90 Å². The molecule has 5 nitrogen and oxygen atoms in total. The van der Waals surface area contributed by atoms with Gasteiger partial charge in [0.25, 0.3) is 0 Å². The fourth-order valence-corrected chi connectivity index (χ4v) is 3.45. The zero-order valence-electron chi connectivity index (χ0n) is 17.1. The average Bonchev–Trinajstić information content (AvgIpc) is 2.81. The Balaban J connectivity index is 1.58. The molecule has 0 fully saturated rings. The molecule has 0 aliphatic heterocycles. The van der Waals surface area contributed by atoms with Crippen LogP contribution in [-0.2, 0) is 12.8 Å². The van der Waals surface area contributed by atoms with Crippen molar-refractivity contribution in [1.29, 1.82) is 5.26 Å². The standard InChI is InChI=1S/C27H18N2O3/c28-16-21-6-2-4-18(13-21)3-1-5-19-9-12-25-24(15-19)26(30)23(17-29-25)14-20-7-10-22(11-8-20)27(31)32/h2,4,6-13,15,17H,3,14H2,(H,29,30)(H,31,32). The van der Waals surface area contributed by atoms with Gasteiger partial charge in [-0.1, -0.05) is 36.1 Å². The topological polar surface area (TPSA) is 93.9 Å². The van der Waals surface area contributed by atoms with Crippen LogP contribution in [0.3, 0.4) is 0 Å². The van der Waals surface area contributed by atoms with Gasteiger partial charge in [0, 0.05) is 41.1 Å². The Morgan fingerprint density at radius 2 is 1.78 bits per heavy atom. The highest BCUT2D eigenvalue weighted by atomic mass is 16.4. The predicted molar refractivity (Wildman–Crippen MR) is 123 cm³/mol. The molecule has 2 N–H and O–H groups in total. The van der Waals surface area contributed by atoms with E-state index >= 15 is 0 Å². The maximum atomic E-state index is 13.0. The molecule has 0 amide bonds. The summed E-state index contributed by atoms with van der Waals surface area (Å²) >= 11 is 0. The zero-order chi connectivity index (χ0) is 22.5. The van der Waals surface area contributed by atoms with E-state index in [0.717, 1.165) is 22.2 Å². The number of aromatic amines is 1. The first-order valence-corrected chi connectivity index (χ1v) is 9.98. The Hall–Kier alpha value is -4.61. The minimum Gasteiger partial charge on any atom is -0.478 e. The van der Waals surface area contributed by atoms with Gasteiger partial charge < -0.3 is 10.1 Å². The lowest BCUT2D eigenvalue weighted by molar-refractivity contribution is 0.0697. The number of hydrogen-bond acceptors (Lipinski definition) is 3. The number of carboxylic acid groups (broad SMARTS) is 1. The Bertz CT molecular complexity index is 1480. The first kappa shape index (κ1) is 20.7. The summed E-state index contributed by atoms with van der Waals surface area (Å²) in [6, 6.07) is 21.4. The van der Waals surface area contributed by atoms with Gasteiger partial charge >= 0.3 is 5.97 Å². The van der Waals surface area contributed by atoms with Crippen LogP contribution in [0.5, 0.6) is 0 Å². The maximum Gasteiger partial charge on any atom is 0.335 e. The third-order valence-corrected chi connectivity index (χ3v) is 5.13. The number of hydrogen-bond donors (Lipinski definition) is 2. The van der Waals surface area contributed by atoms with Crippen molar-refractivity contribution in [2.45, 2.75) is 12.8 Å². The van der Waals surface area contributed by atoms with Crippen molar-refractivity contribution in [1.82, 2.24) is 4.98 Å². The number of aromatic nitrogens is 1. The molecule has 4 rings (SSSR count). The molecule has 0 aliphatic rings. The van der Waals surface area contributed by atoms with E-state index in [1.54, 1.807) is 30.5 Å². The van der Waals surface area contributed by atoms with Gasteiger partial charge in [-0.15, -0.1) is 0 Å². The molecule has 0 unspecified atom stereocenters. The number of aromatic carboxylic acids is 1. The summed E-state index contributed by atoms with van der Waals surface area (Å²) in [5, 5.41) is 18.6. The van der Waals surface area contributed by atoms with Gasteiger partial charge in [-0.25, -0.2) is 4.79 Å². The van der Waals surface area contributed by atoms with Crippen LogP contribution in [0, 0.1) is 23.2 Å². The number of nitriles is 1. The van der Waals surface area contributed by atoms with Crippen LogP contribution in [0.2, 0.25) is 0 Å². The molecule has 3 aromatic carbocycles. The van der Waals surface area contributed by atoms with E-state index in [2.05, 4.69) is 22.9 Å². The second kappa shape index (κ2) is 9.04. The van der Waals surface area contributed by atoms with E-state index in [1.165, 1.54) is 12.1 Å². The number of carboxylic acids is 1. The fraction of sp³-hybridized carbons (Fsp3) is 0.0741. The van der Waals surface area contributed by atoms with Crippen molar-refractivity contribution >= 4 is 16.9 Å². The van der Waals surface area contributed by atoms with E-state index in [-0.39, 0.29) is 11.0 Å². The lowest BCUT2D eigenvalue weighted by Gasteiger charge is -2.05. The van der Waals surface area contributed by atoms with E-state index in [4.69, 9.17) is 10.4 Å². The third kappa shape index (κ3) is 4.59. The summed E-state index contributed by atoms with van der Waals surface area (Å²) in [5.74, 6) is 5.22. The lowest BCUT2D eigenvalue weighted by Crippen LogP contribution is -2.11. The van der Waals surface area contributed by atoms with Gasteiger partial charge in [0.2, 0.25) is 0 Å².